The van der Waals surface area contributed by atoms with Gasteiger partial charge in [0, 0.05) is 37.2 Å². The predicted molar refractivity (Wildman–Crippen MR) is 122 cm³/mol. The summed E-state index contributed by atoms with van der Waals surface area (Å²) in [4.78, 5) is 24.6. The number of thioether (sulfide) groups is 1. The zero-order valence-electron chi connectivity index (χ0n) is 16.9. The first kappa shape index (κ1) is 19.7. The van der Waals surface area contributed by atoms with Crippen LogP contribution in [0.15, 0.2) is 64.6 Å². The van der Waals surface area contributed by atoms with Crippen LogP contribution >= 0.6 is 11.8 Å². The lowest BCUT2D eigenvalue weighted by molar-refractivity contribution is 0.175. The molecule has 0 radical (unpaired) electrons. The molecule has 0 unspecified atom stereocenters. The van der Waals surface area contributed by atoms with E-state index in [1.807, 2.05) is 54.3 Å². The largest absolute Gasteiger partial charge is 0.324 e. The fourth-order valence-electron chi connectivity index (χ4n) is 3.76. The predicted octanol–water partition coefficient (Wildman–Crippen LogP) is 4.97. The molecule has 2 aliphatic heterocycles. The van der Waals surface area contributed by atoms with Crippen molar-refractivity contribution in [3.63, 3.8) is 0 Å². The zero-order chi connectivity index (χ0) is 20.3. The van der Waals surface area contributed by atoms with Crippen LogP contribution in [0, 0.1) is 6.92 Å². The molecule has 0 aliphatic carbocycles. The van der Waals surface area contributed by atoms with Crippen LogP contribution < -0.4 is 5.32 Å². The summed E-state index contributed by atoms with van der Waals surface area (Å²) < 4.78 is 0. The van der Waals surface area contributed by atoms with Gasteiger partial charge in [-0.3, -0.25) is 4.99 Å². The van der Waals surface area contributed by atoms with Crippen molar-refractivity contribution in [2.24, 2.45) is 9.98 Å². The molecule has 1 N–H and O–H groups in total. The van der Waals surface area contributed by atoms with Gasteiger partial charge in [0.1, 0.15) is 5.04 Å². The van der Waals surface area contributed by atoms with Crippen molar-refractivity contribution < 1.29 is 4.79 Å². The first-order valence-corrected chi connectivity index (χ1v) is 11.1. The van der Waals surface area contributed by atoms with E-state index in [0.717, 1.165) is 46.2 Å². The van der Waals surface area contributed by atoms with Crippen LogP contribution in [0.5, 0.6) is 0 Å². The summed E-state index contributed by atoms with van der Waals surface area (Å²) >= 11 is 1.75. The number of hydrogen-bond acceptors (Lipinski definition) is 4. The van der Waals surface area contributed by atoms with Gasteiger partial charge in [0.05, 0.1) is 5.71 Å². The molecule has 0 atom stereocenters. The van der Waals surface area contributed by atoms with Crippen molar-refractivity contribution in [2.75, 3.05) is 24.2 Å². The second-order valence-electron chi connectivity index (χ2n) is 7.45. The van der Waals surface area contributed by atoms with Crippen molar-refractivity contribution >= 4 is 34.2 Å². The summed E-state index contributed by atoms with van der Waals surface area (Å²) in [6.07, 6.45) is 1.50. The molecule has 4 rings (SSSR count). The van der Waals surface area contributed by atoms with Gasteiger partial charge in [-0.2, -0.15) is 0 Å². The molecule has 2 amide bonds. The Labute approximate surface area is 176 Å². The SMILES string of the molecule is CCSC1=NC2(CCN(C(=O)Nc3cccc(C)c3)CC2)N=C1c1ccccc1. The van der Waals surface area contributed by atoms with Crippen LogP contribution in [0.1, 0.15) is 30.9 Å². The van der Waals surface area contributed by atoms with Gasteiger partial charge in [0.25, 0.3) is 0 Å². The third-order valence-corrected chi connectivity index (χ3v) is 6.13. The van der Waals surface area contributed by atoms with Crippen molar-refractivity contribution in [1.82, 2.24) is 4.90 Å². The van der Waals surface area contributed by atoms with Gasteiger partial charge in [0.2, 0.25) is 0 Å². The van der Waals surface area contributed by atoms with E-state index >= 15 is 0 Å². The lowest BCUT2D eigenvalue weighted by Gasteiger charge is -2.35. The summed E-state index contributed by atoms with van der Waals surface area (Å²) in [6.45, 7) is 5.46. The molecule has 0 aromatic heterocycles. The van der Waals surface area contributed by atoms with E-state index in [4.69, 9.17) is 9.98 Å². The molecule has 0 bridgehead atoms. The Morgan fingerprint density at radius 1 is 1.10 bits per heavy atom. The number of aryl methyl sites for hydroxylation is 1. The monoisotopic (exact) mass is 406 g/mol. The van der Waals surface area contributed by atoms with Gasteiger partial charge < -0.3 is 10.2 Å². The van der Waals surface area contributed by atoms with E-state index in [-0.39, 0.29) is 6.03 Å². The van der Waals surface area contributed by atoms with E-state index in [0.29, 0.717) is 13.1 Å². The molecule has 1 spiro atoms. The summed E-state index contributed by atoms with van der Waals surface area (Å²) in [5.41, 5.74) is 3.64. The summed E-state index contributed by atoms with van der Waals surface area (Å²) in [5, 5.41) is 4.03. The van der Waals surface area contributed by atoms with Gasteiger partial charge in [-0.05, 0) is 30.4 Å². The molecular weight excluding hydrogens is 380 g/mol. The van der Waals surface area contributed by atoms with Crippen LogP contribution in [0.2, 0.25) is 0 Å². The minimum Gasteiger partial charge on any atom is -0.324 e. The highest BCUT2D eigenvalue weighted by atomic mass is 32.2. The van der Waals surface area contributed by atoms with Crippen LogP contribution in [-0.4, -0.2) is 46.2 Å². The second-order valence-corrected chi connectivity index (χ2v) is 8.70. The number of nitrogens with one attached hydrogen (secondary N) is 1. The second kappa shape index (κ2) is 8.41. The number of piperidine rings is 1. The first-order valence-electron chi connectivity index (χ1n) is 10.1. The number of carbonyl (C=O) groups excluding carboxylic acids is 1. The molecule has 0 saturated carbocycles. The molecule has 2 aromatic carbocycles. The first-order chi connectivity index (χ1) is 14.1. The Hall–Kier alpha value is -2.60. The van der Waals surface area contributed by atoms with Gasteiger partial charge in [-0.15, -0.1) is 11.8 Å². The molecule has 2 heterocycles. The topological polar surface area (TPSA) is 57.1 Å². The number of carbonyl (C=O) groups is 1. The number of likely N-dealkylation sites (tertiary alicyclic amines) is 1. The molecule has 6 heteroatoms. The quantitative estimate of drug-likeness (QED) is 0.782. The zero-order valence-corrected chi connectivity index (χ0v) is 17.7. The smallest absolute Gasteiger partial charge is 0.321 e. The molecule has 29 heavy (non-hydrogen) atoms. The van der Waals surface area contributed by atoms with E-state index in [2.05, 4.69) is 24.4 Å². The van der Waals surface area contributed by atoms with Crippen LogP contribution in [0.4, 0.5) is 10.5 Å². The Balaban J connectivity index is 1.46. The van der Waals surface area contributed by atoms with Crippen molar-refractivity contribution in [2.45, 2.75) is 32.4 Å². The number of amides is 2. The maximum Gasteiger partial charge on any atom is 0.321 e. The average Bonchev–Trinajstić information content (AvgIpc) is 3.07. The number of urea groups is 1. The highest BCUT2D eigenvalue weighted by molar-refractivity contribution is 8.15. The van der Waals surface area contributed by atoms with Crippen LogP contribution in [0.3, 0.4) is 0 Å². The lowest BCUT2D eigenvalue weighted by Crippen LogP contribution is -2.46. The number of nitrogens with zero attached hydrogens (tertiary/aromatic N) is 3. The summed E-state index contributed by atoms with van der Waals surface area (Å²) in [6, 6.07) is 18.1. The molecule has 1 fully saturated rings. The summed E-state index contributed by atoms with van der Waals surface area (Å²) in [7, 11) is 0. The highest BCUT2D eigenvalue weighted by Crippen LogP contribution is 2.35. The van der Waals surface area contributed by atoms with E-state index in [1.165, 1.54) is 0 Å². The van der Waals surface area contributed by atoms with E-state index < -0.39 is 5.66 Å². The molecule has 1 saturated heterocycles. The number of rotatable bonds is 3. The molecular formula is C23H26N4OS. The van der Waals surface area contributed by atoms with E-state index in [1.54, 1.807) is 11.8 Å². The highest BCUT2D eigenvalue weighted by Gasteiger charge is 2.40. The summed E-state index contributed by atoms with van der Waals surface area (Å²) in [5.74, 6) is 0.964. The van der Waals surface area contributed by atoms with Gasteiger partial charge in [-0.1, -0.05) is 49.4 Å². The Morgan fingerprint density at radius 2 is 1.86 bits per heavy atom. The maximum atomic E-state index is 12.7. The van der Waals surface area contributed by atoms with Crippen LogP contribution in [0.25, 0.3) is 0 Å². The van der Waals surface area contributed by atoms with Crippen molar-refractivity contribution in [3.8, 4) is 0 Å². The lowest BCUT2D eigenvalue weighted by atomic mass is 9.98. The Morgan fingerprint density at radius 3 is 2.55 bits per heavy atom. The van der Waals surface area contributed by atoms with Crippen LogP contribution in [-0.2, 0) is 0 Å². The minimum absolute atomic E-state index is 0.0529. The normalized spacial score (nSPS) is 17.8. The minimum atomic E-state index is -0.428. The molecule has 150 valence electrons. The van der Waals surface area contributed by atoms with Crippen molar-refractivity contribution in [3.05, 3.63) is 65.7 Å². The van der Waals surface area contributed by atoms with E-state index in [9.17, 15) is 4.79 Å². The molecule has 2 aromatic rings. The standard InChI is InChI=1S/C23H26N4OS/c1-3-29-21-20(18-9-5-4-6-10-18)25-23(26-21)12-14-27(15-13-23)22(28)24-19-11-7-8-17(2)16-19/h4-11,16H,3,12-15H2,1-2H3,(H,24,28). The Bertz CT molecular complexity index is 946. The average molecular weight is 407 g/mol. The number of aliphatic imine (C=N–C) groups is 2. The number of anilines is 1. The third kappa shape index (κ3) is 4.37. The fraction of sp³-hybridized carbons (Fsp3) is 0.348. The Kier molecular flexibility index (Phi) is 5.72. The van der Waals surface area contributed by atoms with Gasteiger partial charge in [0.15, 0.2) is 5.66 Å². The molecule has 5 nitrogen and oxygen atoms in total. The third-order valence-electron chi connectivity index (χ3n) is 5.28. The van der Waals surface area contributed by atoms with Gasteiger partial charge >= 0.3 is 6.03 Å². The molecule has 2 aliphatic rings. The van der Waals surface area contributed by atoms with Crippen molar-refractivity contribution in [1.29, 1.82) is 0 Å². The van der Waals surface area contributed by atoms with Gasteiger partial charge in [-0.25, -0.2) is 9.79 Å². The number of benzene rings is 2. The fourth-order valence-corrected chi connectivity index (χ4v) is 4.57. The number of hydrogen-bond donors (Lipinski definition) is 1. The maximum absolute atomic E-state index is 12.7.